The van der Waals surface area contributed by atoms with Gasteiger partial charge in [-0.1, -0.05) is 18.2 Å². The Balaban J connectivity index is 1.77. The number of carboxylic acid groups (broad SMARTS) is 1. The average molecular weight is 291 g/mol. The molecule has 0 fully saturated rings. The van der Waals surface area contributed by atoms with Crippen LogP contribution in [0.2, 0.25) is 0 Å². The van der Waals surface area contributed by atoms with Crippen LogP contribution in [0.15, 0.2) is 36.4 Å². The zero-order chi connectivity index (χ0) is 15.2. The van der Waals surface area contributed by atoms with E-state index in [1.165, 1.54) is 18.2 Å². The first kappa shape index (κ1) is 14.9. The fourth-order valence-electron chi connectivity index (χ4n) is 1.77. The van der Waals surface area contributed by atoms with Gasteiger partial charge in [-0.25, -0.2) is 9.68 Å². The molecule has 7 heteroatoms. The van der Waals surface area contributed by atoms with E-state index in [0.29, 0.717) is 17.9 Å². The highest BCUT2D eigenvalue weighted by molar-refractivity contribution is 6.20. The number of aliphatic carboxylic acids is 1. The molecule has 0 radical (unpaired) electrons. The summed E-state index contributed by atoms with van der Waals surface area (Å²) in [5.74, 6) is -2.15. The van der Waals surface area contributed by atoms with Gasteiger partial charge in [-0.05, 0) is 25.0 Å². The van der Waals surface area contributed by atoms with E-state index < -0.39 is 17.8 Å². The molecule has 0 saturated heterocycles. The van der Waals surface area contributed by atoms with E-state index in [2.05, 4.69) is 0 Å². The minimum Gasteiger partial charge on any atom is -0.478 e. The number of carbonyl (C=O) groups is 3. The van der Waals surface area contributed by atoms with Gasteiger partial charge in [-0.2, -0.15) is 0 Å². The lowest BCUT2D eigenvalue weighted by atomic mass is 10.1. The van der Waals surface area contributed by atoms with E-state index in [1.807, 2.05) is 0 Å². The van der Waals surface area contributed by atoms with Crippen LogP contribution in [0.3, 0.4) is 0 Å². The number of unbranched alkanes of at least 4 members (excludes halogenated alkanes) is 1. The summed E-state index contributed by atoms with van der Waals surface area (Å²) in [6.07, 6.45) is 3.49. The maximum Gasteiger partial charge on any atom is 0.327 e. The normalized spacial score (nSPS) is 14.0. The van der Waals surface area contributed by atoms with Gasteiger partial charge >= 0.3 is 5.97 Å². The largest absolute Gasteiger partial charge is 0.478 e. The maximum absolute atomic E-state index is 11.9. The highest BCUT2D eigenvalue weighted by Crippen LogP contribution is 2.22. The fraction of sp³-hybridized carbons (Fsp3) is 0.214. The molecule has 21 heavy (non-hydrogen) atoms. The van der Waals surface area contributed by atoms with Crippen LogP contribution in [0, 0.1) is 0 Å². The SMILES string of the molecule is O=C(O)/C=C/CCCOON1C(=O)c2ccccc2C1=O. The van der Waals surface area contributed by atoms with Crippen molar-refractivity contribution in [1.29, 1.82) is 0 Å². The molecule has 1 N–H and O–H groups in total. The van der Waals surface area contributed by atoms with Gasteiger partial charge in [0, 0.05) is 6.08 Å². The Morgan fingerprint density at radius 2 is 1.81 bits per heavy atom. The molecule has 7 nitrogen and oxygen atoms in total. The van der Waals surface area contributed by atoms with Crippen molar-refractivity contribution in [2.75, 3.05) is 6.61 Å². The number of nitrogens with zero attached hydrogens (tertiary/aromatic N) is 1. The number of hydroxylamine groups is 2. The summed E-state index contributed by atoms with van der Waals surface area (Å²) in [4.78, 5) is 43.5. The smallest absolute Gasteiger partial charge is 0.327 e. The first-order valence-corrected chi connectivity index (χ1v) is 6.28. The number of imide groups is 1. The lowest BCUT2D eigenvalue weighted by Gasteiger charge is -2.10. The summed E-state index contributed by atoms with van der Waals surface area (Å²) >= 11 is 0. The summed E-state index contributed by atoms with van der Waals surface area (Å²) in [7, 11) is 0. The Labute approximate surface area is 120 Å². The molecule has 0 unspecified atom stereocenters. The third kappa shape index (κ3) is 3.53. The summed E-state index contributed by atoms with van der Waals surface area (Å²) in [5, 5.41) is 8.95. The van der Waals surface area contributed by atoms with E-state index >= 15 is 0 Å². The van der Waals surface area contributed by atoms with Crippen LogP contribution in [0.25, 0.3) is 0 Å². The van der Waals surface area contributed by atoms with Crippen molar-refractivity contribution in [3.8, 4) is 0 Å². The first-order valence-electron chi connectivity index (χ1n) is 6.28. The molecule has 0 aliphatic carbocycles. The Kier molecular flexibility index (Phi) is 4.81. The standard InChI is InChI=1S/C14H13NO6/c16-12(17)8-2-1-5-9-20-21-15-13(18)10-6-3-4-7-11(10)14(15)19/h2-4,6-8H,1,5,9H2,(H,16,17)/b8-2+. The molecule has 1 aliphatic rings. The van der Waals surface area contributed by atoms with E-state index in [0.717, 1.165) is 6.08 Å². The van der Waals surface area contributed by atoms with Gasteiger partial charge in [0.25, 0.3) is 11.8 Å². The predicted octanol–water partition coefficient (Wildman–Crippen LogP) is 1.57. The number of hydrogen-bond acceptors (Lipinski definition) is 5. The maximum atomic E-state index is 11.9. The highest BCUT2D eigenvalue weighted by Gasteiger charge is 2.37. The fourth-order valence-corrected chi connectivity index (χ4v) is 1.77. The van der Waals surface area contributed by atoms with Crippen molar-refractivity contribution in [2.45, 2.75) is 12.8 Å². The lowest BCUT2D eigenvalue weighted by molar-refractivity contribution is -0.385. The number of allylic oxidation sites excluding steroid dienone is 1. The monoisotopic (exact) mass is 291 g/mol. The van der Waals surface area contributed by atoms with Gasteiger partial charge in [0.2, 0.25) is 0 Å². The predicted molar refractivity (Wildman–Crippen MR) is 70.0 cm³/mol. The third-order valence-electron chi connectivity index (χ3n) is 2.74. The number of carbonyl (C=O) groups excluding carboxylic acids is 2. The first-order chi connectivity index (χ1) is 10.1. The van der Waals surface area contributed by atoms with Crippen molar-refractivity contribution < 1.29 is 29.4 Å². The Hall–Kier alpha value is -2.51. The molecule has 1 aromatic rings. The number of hydrogen-bond donors (Lipinski definition) is 1. The van der Waals surface area contributed by atoms with E-state index in [-0.39, 0.29) is 17.7 Å². The van der Waals surface area contributed by atoms with Crippen molar-refractivity contribution in [2.24, 2.45) is 0 Å². The van der Waals surface area contributed by atoms with Gasteiger partial charge in [0.1, 0.15) is 0 Å². The second-order valence-corrected chi connectivity index (χ2v) is 4.23. The molecule has 0 spiro atoms. The van der Waals surface area contributed by atoms with Crippen LogP contribution in [0.5, 0.6) is 0 Å². The van der Waals surface area contributed by atoms with Crippen LogP contribution in [0.4, 0.5) is 0 Å². The number of benzene rings is 1. The molecule has 1 aromatic carbocycles. The van der Waals surface area contributed by atoms with Crippen LogP contribution < -0.4 is 0 Å². The molecule has 1 aliphatic heterocycles. The Morgan fingerprint density at radius 1 is 1.19 bits per heavy atom. The van der Waals surface area contributed by atoms with Gasteiger partial charge in [0.15, 0.2) is 0 Å². The topological polar surface area (TPSA) is 93.1 Å². The molecule has 2 rings (SSSR count). The van der Waals surface area contributed by atoms with Crippen molar-refractivity contribution >= 4 is 17.8 Å². The molecule has 0 atom stereocenters. The third-order valence-corrected chi connectivity index (χ3v) is 2.74. The molecule has 110 valence electrons. The summed E-state index contributed by atoms with van der Waals surface area (Å²) in [5.41, 5.74) is 0.547. The van der Waals surface area contributed by atoms with E-state index in [4.69, 9.17) is 15.0 Å². The minimum atomic E-state index is -1.02. The Morgan fingerprint density at radius 3 is 2.38 bits per heavy atom. The quantitative estimate of drug-likeness (QED) is 0.269. The lowest BCUT2D eigenvalue weighted by Crippen LogP contribution is -2.30. The molecular weight excluding hydrogens is 278 g/mol. The second kappa shape index (κ2) is 6.78. The van der Waals surface area contributed by atoms with E-state index in [1.54, 1.807) is 12.1 Å². The number of fused-ring (bicyclic) bond motifs is 1. The molecule has 1 heterocycles. The zero-order valence-electron chi connectivity index (χ0n) is 11.0. The van der Waals surface area contributed by atoms with Crippen LogP contribution >= 0.6 is 0 Å². The number of rotatable bonds is 7. The minimum absolute atomic E-state index is 0.122. The molecular formula is C14H13NO6. The second-order valence-electron chi connectivity index (χ2n) is 4.23. The molecule has 0 aromatic heterocycles. The average Bonchev–Trinajstić information content (AvgIpc) is 2.71. The number of carboxylic acids is 1. The van der Waals surface area contributed by atoms with Crippen LogP contribution in [0.1, 0.15) is 33.6 Å². The molecule has 2 amide bonds. The van der Waals surface area contributed by atoms with Crippen molar-refractivity contribution in [3.05, 3.63) is 47.5 Å². The van der Waals surface area contributed by atoms with Gasteiger partial charge < -0.3 is 5.11 Å². The number of amides is 2. The molecule has 0 bridgehead atoms. The highest BCUT2D eigenvalue weighted by atomic mass is 17.3. The zero-order valence-corrected chi connectivity index (χ0v) is 11.0. The summed E-state index contributed by atoms with van der Waals surface area (Å²) in [6, 6.07) is 6.39. The van der Waals surface area contributed by atoms with Gasteiger partial charge in [-0.3, -0.25) is 9.59 Å². The van der Waals surface area contributed by atoms with Gasteiger partial charge in [-0.15, -0.1) is 10.1 Å². The summed E-state index contributed by atoms with van der Waals surface area (Å²) < 4.78 is 0. The summed E-state index contributed by atoms with van der Waals surface area (Å²) in [6.45, 7) is 0.122. The van der Waals surface area contributed by atoms with Gasteiger partial charge in [0.05, 0.1) is 17.7 Å². The van der Waals surface area contributed by atoms with Crippen LogP contribution in [-0.2, 0) is 14.7 Å². The molecule has 0 saturated carbocycles. The van der Waals surface area contributed by atoms with E-state index in [9.17, 15) is 14.4 Å². The Bertz CT molecular complexity index is 560. The van der Waals surface area contributed by atoms with Crippen molar-refractivity contribution in [1.82, 2.24) is 5.06 Å². The van der Waals surface area contributed by atoms with Crippen LogP contribution in [-0.4, -0.2) is 34.6 Å². The van der Waals surface area contributed by atoms with Crippen molar-refractivity contribution in [3.63, 3.8) is 0 Å².